The van der Waals surface area contributed by atoms with E-state index in [1.54, 1.807) is 12.3 Å². The summed E-state index contributed by atoms with van der Waals surface area (Å²) >= 11 is 6.37. The van der Waals surface area contributed by atoms with Crippen LogP contribution in [0.2, 0.25) is 5.02 Å². The lowest BCUT2D eigenvalue weighted by atomic mass is 10.2. The topological polar surface area (TPSA) is 78.0 Å². The Morgan fingerprint density at radius 1 is 1.57 bits per heavy atom. The van der Waals surface area contributed by atoms with E-state index in [1.165, 1.54) is 0 Å². The van der Waals surface area contributed by atoms with Crippen molar-refractivity contribution in [2.24, 2.45) is 10.9 Å². The van der Waals surface area contributed by atoms with Crippen molar-refractivity contribution < 1.29 is 5.21 Å². The van der Waals surface area contributed by atoms with Crippen LogP contribution in [0.15, 0.2) is 17.4 Å². The lowest BCUT2D eigenvalue weighted by Crippen LogP contribution is -2.37. The van der Waals surface area contributed by atoms with Gasteiger partial charge in [0.05, 0.1) is 5.02 Å². The summed E-state index contributed by atoms with van der Waals surface area (Å²) in [7, 11) is 0. The van der Waals surface area contributed by atoms with Crippen molar-refractivity contribution in [1.29, 1.82) is 0 Å². The van der Waals surface area contributed by atoms with E-state index in [4.69, 9.17) is 22.5 Å². The van der Waals surface area contributed by atoms with Gasteiger partial charge in [0.1, 0.15) is 5.82 Å². The molecular weight excluding hydrogens is 290 g/mol. The van der Waals surface area contributed by atoms with Crippen LogP contribution in [0.25, 0.3) is 0 Å². The van der Waals surface area contributed by atoms with Crippen LogP contribution in [-0.4, -0.2) is 53.1 Å². The molecule has 1 aliphatic heterocycles. The maximum Gasteiger partial charge on any atom is 0.171 e. The number of nitrogens with zero attached hydrogens (tertiary/aromatic N) is 4. The molecule has 2 heterocycles. The van der Waals surface area contributed by atoms with E-state index < -0.39 is 0 Å². The number of pyridine rings is 1. The van der Waals surface area contributed by atoms with Crippen LogP contribution in [-0.2, 0) is 0 Å². The molecule has 1 unspecified atom stereocenters. The number of hydrogen-bond acceptors (Lipinski definition) is 5. The van der Waals surface area contributed by atoms with E-state index in [9.17, 15) is 0 Å². The fraction of sp³-hybridized carbons (Fsp3) is 0.571. The first kappa shape index (κ1) is 15.9. The Morgan fingerprint density at radius 2 is 2.29 bits per heavy atom. The first-order valence-corrected chi connectivity index (χ1v) is 7.61. The van der Waals surface area contributed by atoms with E-state index in [-0.39, 0.29) is 5.84 Å². The van der Waals surface area contributed by atoms with Crippen LogP contribution in [0.3, 0.4) is 0 Å². The molecule has 1 saturated heterocycles. The van der Waals surface area contributed by atoms with Crippen molar-refractivity contribution in [2.45, 2.75) is 26.3 Å². The average Bonchev–Trinajstić information content (AvgIpc) is 2.97. The number of hydrogen-bond donors (Lipinski definition) is 2. The molecule has 1 aromatic heterocycles. The number of amidine groups is 1. The van der Waals surface area contributed by atoms with E-state index in [0.29, 0.717) is 22.4 Å². The van der Waals surface area contributed by atoms with E-state index in [1.807, 2.05) is 0 Å². The molecule has 116 valence electrons. The zero-order valence-electron chi connectivity index (χ0n) is 12.5. The molecule has 0 radical (unpaired) electrons. The monoisotopic (exact) mass is 311 g/mol. The van der Waals surface area contributed by atoms with Crippen molar-refractivity contribution in [3.63, 3.8) is 0 Å². The van der Waals surface area contributed by atoms with Gasteiger partial charge in [-0.3, -0.25) is 4.90 Å². The largest absolute Gasteiger partial charge is 0.409 e. The van der Waals surface area contributed by atoms with Gasteiger partial charge in [-0.1, -0.05) is 30.6 Å². The highest BCUT2D eigenvalue weighted by molar-refractivity contribution is 6.36. The molecule has 6 nitrogen and oxygen atoms in total. The van der Waals surface area contributed by atoms with Gasteiger partial charge in [0.15, 0.2) is 5.84 Å². The summed E-state index contributed by atoms with van der Waals surface area (Å²) in [4.78, 5) is 8.98. The lowest BCUT2D eigenvalue weighted by Gasteiger charge is -2.26. The van der Waals surface area contributed by atoms with Gasteiger partial charge in [-0.2, -0.15) is 0 Å². The predicted molar refractivity (Wildman–Crippen MR) is 85.3 cm³/mol. The molecule has 1 atom stereocenters. The molecule has 7 heteroatoms. The predicted octanol–water partition coefficient (Wildman–Crippen LogP) is 1.75. The molecule has 0 saturated carbocycles. The minimum atomic E-state index is 0.00291. The fourth-order valence-corrected chi connectivity index (χ4v) is 3.21. The molecule has 0 spiro atoms. The molecule has 2 rings (SSSR count). The van der Waals surface area contributed by atoms with Crippen molar-refractivity contribution >= 4 is 23.3 Å². The Labute approximate surface area is 130 Å². The van der Waals surface area contributed by atoms with E-state index in [0.717, 1.165) is 32.6 Å². The summed E-state index contributed by atoms with van der Waals surface area (Å²) < 4.78 is 0. The molecule has 0 aliphatic carbocycles. The molecule has 21 heavy (non-hydrogen) atoms. The quantitative estimate of drug-likeness (QED) is 0.375. The summed E-state index contributed by atoms with van der Waals surface area (Å²) in [6.07, 6.45) is 2.73. The third kappa shape index (κ3) is 3.22. The van der Waals surface area contributed by atoms with Crippen molar-refractivity contribution in [2.75, 3.05) is 31.1 Å². The number of oxime groups is 1. The van der Waals surface area contributed by atoms with Crippen LogP contribution in [0.5, 0.6) is 0 Å². The first-order chi connectivity index (χ1) is 10.1. The van der Waals surface area contributed by atoms with Gasteiger partial charge in [-0.25, -0.2) is 4.98 Å². The molecular formula is C14H22ClN5O. The number of likely N-dealkylation sites (N-methyl/N-ethyl adjacent to an activating group) is 1. The van der Waals surface area contributed by atoms with Crippen molar-refractivity contribution in [3.8, 4) is 0 Å². The molecule has 0 amide bonds. The summed E-state index contributed by atoms with van der Waals surface area (Å²) in [6, 6.07) is 2.17. The maximum atomic E-state index is 8.81. The van der Waals surface area contributed by atoms with Crippen molar-refractivity contribution in [3.05, 3.63) is 22.8 Å². The van der Waals surface area contributed by atoms with Crippen LogP contribution in [0, 0.1) is 0 Å². The third-order valence-electron chi connectivity index (χ3n) is 4.05. The van der Waals surface area contributed by atoms with E-state index in [2.05, 4.69) is 33.8 Å². The molecule has 0 aromatic carbocycles. The Balaban J connectivity index is 2.21. The van der Waals surface area contributed by atoms with Gasteiger partial charge in [-0.05, 0) is 25.6 Å². The lowest BCUT2D eigenvalue weighted by molar-refractivity contribution is 0.232. The minimum absolute atomic E-state index is 0.00291. The Hall–Kier alpha value is -1.53. The number of anilines is 1. The summed E-state index contributed by atoms with van der Waals surface area (Å²) in [6.45, 7) is 8.25. The highest BCUT2D eigenvalue weighted by Gasteiger charge is 2.28. The minimum Gasteiger partial charge on any atom is -0.409 e. The zero-order valence-corrected chi connectivity index (χ0v) is 13.2. The van der Waals surface area contributed by atoms with Gasteiger partial charge in [0, 0.05) is 30.9 Å². The second-order valence-electron chi connectivity index (χ2n) is 5.09. The number of nitrogens with two attached hydrogens (primary N) is 1. The fourth-order valence-electron chi connectivity index (χ4n) is 2.88. The van der Waals surface area contributed by atoms with Gasteiger partial charge in [0.25, 0.3) is 0 Å². The molecule has 3 N–H and O–H groups in total. The molecule has 0 bridgehead atoms. The standard InChI is InChI=1S/C14H22ClN5O/c1-3-19(4-2)10-6-8-20(9-10)14-12(15)11(5-7-17-14)13(16)18-21/h5,7,10,21H,3-4,6,8-9H2,1-2H3,(H2,16,18). The Bertz CT molecular complexity index is 518. The Kier molecular flexibility index (Phi) is 5.25. The summed E-state index contributed by atoms with van der Waals surface area (Å²) in [5.41, 5.74) is 6.15. The second-order valence-corrected chi connectivity index (χ2v) is 5.47. The van der Waals surface area contributed by atoms with Crippen LogP contribution >= 0.6 is 11.6 Å². The van der Waals surface area contributed by atoms with Crippen LogP contribution < -0.4 is 10.6 Å². The summed E-state index contributed by atoms with van der Waals surface area (Å²) in [5.74, 6) is 0.707. The van der Waals surface area contributed by atoms with Gasteiger partial charge < -0.3 is 15.8 Å². The Morgan fingerprint density at radius 3 is 2.90 bits per heavy atom. The maximum absolute atomic E-state index is 8.81. The smallest absolute Gasteiger partial charge is 0.171 e. The second kappa shape index (κ2) is 6.95. The normalized spacial score (nSPS) is 19.5. The average molecular weight is 312 g/mol. The number of halogens is 1. The van der Waals surface area contributed by atoms with Gasteiger partial charge in [0.2, 0.25) is 0 Å². The van der Waals surface area contributed by atoms with Crippen LogP contribution in [0.1, 0.15) is 25.8 Å². The van der Waals surface area contributed by atoms with E-state index >= 15 is 0 Å². The molecule has 1 aromatic rings. The van der Waals surface area contributed by atoms with Gasteiger partial charge in [-0.15, -0.1) is 0 Å². The molecule has 1 fully saturated rings. The molecule has 1 aliphatic rings. The highest BCUT2D eigenvalue weighted by Crippen LogP contribution is 2.30. The SMILES string of the molecule is CCN(CC)C1CCN(c2nccc(/C(N)=N/O)c2Cl)C1. The van der Waals surface area contributed by atoms with Gasteiger partial charge >= 0.3 is 0 Å². The van der Waals surface area contributed by atoms with Crippen LogP contribution in [0.4, 0.5) is 5.82 Å². The van der Waals surface area contributed by atoms with Crippen molar-refractivity contribution in [1.82, 2.24) is 9.88 Å². The first-order valence-electron chi connectivity index (χ1n) is 7.23. The number of rotatable bonds is 5. The summed E-state index contributed by atoms with van der Waals surface area (Å²) in [5, 5.41) is 12.3. The third-order valence-corrected chi connectivity index (χ3v) is 4.42. The highest BCUT2D eigenvalue weighted by atomic mass is 35.5. The number of aromatic nitrogens is 1. The zero-order chi connectivity index (χ0) is 15.4.